The van der Waals surface area contributed by atoms with E-state index in [1.54, 1.807) is 0 Å². The van der Waals surface area contributed by atoms with Gasteiger partial charge in [0.05, 0.1) is 0 Å². The van der Waals surface area contributed by atoms with Crippen LogP contribution in [0.15, 0.2) is 28.7 Å². The molecule has 1 nitrogen and oxygen atoms in total. The van der Waals surface area contributed by atoms with Gasteiger partial charge in [0.15, 0.2) is 0 Å². The molecule has 0 amide bonds. The van der Waals surface area contributed by atoms with Crippen LogP contribution in [-0.2, 0) is 6.42 Å². The number of hydrogen-bond acceptors (Lipinski definition) is 2. The van der Waals surface area contributed by atoms with Gasteiger partial charge >= 0.3 is 0 Å². The molecule has 20 heavy (non-hydrogen) atoms. The molecule has 1 aromatic rings. The van der Waals surface area contributed by atoms with Crippen LogP contribution in [-0.4, -0.2) is 24.1 Å². The van der Waals surface area contributed by atoms with Crippen LogP contribution in [0.5, 0.6) is 0 Å². The molecule has 0 aliphatic heterocycles. The molecule has 0 bridgehead atoms. The molecule has 112 valence electrons. The normalized spacial score (nSPS) is 16.3. The van der Waals surface area contributed by atoms with E-state index in [1.165, 1.54) is 60.2 Å². The van der Waals surface area contributed by atoms with E-state index >= 15 is 0 Å². The molecule has 0 aromatic heterocycles. The summed E-state index contributed by atoms with van der Waals surface area (Å²) in [6.07, 6.45) is 6.65. The van der Waals surface area contributed by atoms with E-state index in [0.29, 0.717) is 0 Å². The van der Waals surface area contributed by atoms with Gasteiger partial charge in [0, 0.05) is 10.5 Å². The summed E-state index contributed by atoms with van der Waals surface area (Å²) >= 11 is 5.75. The highest BCUT2D eigenvalue weighted by Crippen LogP contribution is 2.24. The zero-order valence-corrected chi connectivity index (χ0v) is 14.8. The maximum Gasteiger partial charge on any atom is 0.0207 e. The Labute approximate surface area is 136 Å². The van der Waals surface area contributed by atoms with Crippen LogP contribution in [0.3, 0.4) is 0 Å². The molecule has 1 atom stereocenters. The monoisotopic (exact) mass is 355 g/mol. The Morgan fingerprint density at radius 1 is 1.35 bits per heavy atom. The summed E-state index contributed by atoms with van der Waals surface area (Å²) < 4.78 is 1.26. The molecule has 2 rings (SSSR count). The Morgan fingerprint density at radius 3 is 2.85 bits per heavy atom. The summed E-state index contributed by atoms with van der Waals surface area (Å²) in [7, 11) is 0. The van der Waals surface area contributed by atoms with Crippen molar-refractivity contribution in [1.29, 1.82) is 0 Å². The van der Waals surface area contributed by atoms with E-state index in [4.69, 9.17) is 0 Å². The highest BCUT2D eigenvalue weighted by molar-refractivity contribution is 9.10. The van der Waals surface area contributed by atoms with Gasteiger partial charge in [-0.15, -0.1) is 0 Å². The van der Waals surface area contributed by atoms with Crippen molar-refractivity contribution in [1.82, 2.24) is 5.32 Å². The second-order valence-corrected chi connectivity index (χ2v) is 7.93. The summed E-state index contributed by atoms with van der Waals surface area (Å²) in [4.78, 5) is 0. The fourth-order valence-corrected chi connectivity index (χ4v) is 3.60. The van der Waals surface area contributed by atoms with Crippen molar-refractivity contribution in [3.63, 3.8) is 0 Å². The van der Waals surface area contributed by atoms with E-state index in [2.05, 4.69) is 64.2 Å². The SMILES string of the molecule is CCSCCCC(CNC1CC1)Cc1ccccc1Br. The highest BCUT2D eigenvalue weighted by Gasteiger charge is 2.22. The molecule has 0 heterocycles. The first-order chi connectivity index (χ1) is 9.79. The highest BCUT2D eigenvalue weighted by atomic mass is 79.9. The van der Waals surface area contributed by atoms with Crippen molar-refractivity contribution in [2.24, 2.45) is 5.92 Å². The van der Waals surface area contributed by atoms with Crippen molar-refractivity contribution >= 4 is 27.7 Å². The van der Waals surface area contributed by atoms with Gasteiger partial charge in [0.1, 0.15) is 0 Å². The maximum atomic E-state index is 3.72. The molecule has 0 saturated heterocycles. The Kier molecular flexibility index (Phi) is 7.47. The van der Waals surface area contributed by atoms with Crippen molar-refractivity contribution in [2.75, 3.05) is 18.1 Å². The molecule has 1 unspecified atom stereocenters. The molecule has 0 spiro atoms. The molecule has 1 aliphatic carbocycles. The summed E-state index contributed by atoms with van der Waals surface area (Å²) in [5, 5.41) is 3.72. The minimum absolute atomic E-state index is 0.770. The van der Waals surface area contributed by atoms with Crippen molar-refractivity contribution in [2.45, 2.75) is 45.1 Å². The van der Waals surface area contributed by atoms with Gasteiger partial charge in [-0.05, 0) is 67.7 Å². The smallest absolute Gasteiger partial charge is 0.0207 e. The number of hydrogen-bond donors (Lipinski definition) is 1. The van der Waals surface area contributed by atoms with Gasteiger partial charge in [-0.1, -0.05) is 41.1 Å². The summed E-state index contributed by atoms with van der Waals surface area (Å²) in [5.74, 6) is 3.33. The quantitative estimate of drug-likeness (QED) is 0.599. The number of halogens is 1. The lowest BCUT2D eigenvalue weighted by molar-refractivity contribution is 0.438. The third-order valence-electron chi connectivity index (χ3n) is 3.84. The second-order valence-electron chi connectivity index (χ2n) is 5.68. The largest absolute Gasteiger partial charge is 0.314 e. The van der Waals surface area contributed by atoms with Crippen LogP contribution in [0, 0.1) is 5.92 Å². The molecular formula is C17H26BrNS. The first-order valence-electron chi connectivity index (χ1n) is 7.84. The van der Waals surface area contributed by atoms with Crippen LogP contribution >= 0.6 is 27.7 Å². The first kappa shape index (κ1) is 16.4. The summed E-state index contributed by atoms with van der Waals surface area (Å²) in [6, 6.07) is 9.49. The molecule has 1 aliphatic rings. The maximum absolute atomic E-state index is 3.72. The van der Waals surface area contributed by atoms with Gasteiger partial charge in [-0.2, -0.15) is 11.8 Å². The minimum Gasteiger partial charge on any atom is -0.314 e. The predicted molar refractivity (Wildman–Crippen MR) is 94.6 cm³/mol. The number of thioether (sulfide) groups is 1. The summed E-state index contributed by atoms with van der Waals surface area (Å²) in [5.41, 5.74) is 1.46. The lowest BCUT2D eigenvalue weighted by Crippen LogP contribution is -2.26. The topological polar surface area (TPSA) is 12.0 Å². The van der Waals surface area contributed by atoms with E-state index in [0.717, 1.165) is 12.0 Å². The average Bonchev–Trinajstić information content (AvgIpc) is 3.27. The average molecular weight is 356 g/mol. The van der Waals surface area contributed by atoms with Gasteiger partial charge in [0.25, 0.3) is 0 Å². The third-order valence-corrected chi connectivity index (χ3v) is 5.60. The van der Waals surface area contributed by atoms with Gasteiger partial charge in [0.2, 0.25) is 0 Å². The molecule has 1 fully saturated rings. The Morgan fingerprint density at radius 2 is 2.15 bits per heavy atom. The van der Waals surface area contributed by atoms with Crippen LogP contribution in [0.25, 0.3) is 0 Å². The molecular weight excluding hydrogens is 330 g/mol. The Bertz CT molecular complexity index is 392. The molecule has 3 heteroatoms. The van der Waals surface area contributed by atoms with Crippen molar-refractivity contribution < 1.29 is 0 Å². The van der Waals surface area contributed by atoms with Gasteiger partial charge in [-0.25, -0.2) is 0 Å². The Hall–Kier alpha value is 0.01000. The van der Waals surface area contributed by atoms with E-state index in [1.807, 2.05) is 0 Å². The first-order valence-corrected chi connectivity index (χ1v) is 9.79. The summed E-state index contributed by atoms with van der Waals surface area (Å²) in [6.45, 7) is 3.43. The molecule has 1 N–H and O–H groups in total. The van der Waals surface area contributed by atoms with Crippen molar-refractivity contribution in [3.05, 3.63) is 34.3 Å². The molecule has 1 saturated carbocycles. The number of rotatable bonds is 10. The third kappa shape index (κ3) is 6.19. The van der Waals surface area contributed by atoms with Crippen LogP contribution in [0.1, 0.15) is 38.2 Å². The van der Waals surface area contributed by atoms with E-state index < -0.39 is 0 Å². The van der Waals surface area contributed by atoms with Gasteiger partial charge < -0.3 is 5.32 Å². The minimum atomic E-state index is 0.770. The fraction of sp³-hybridized carbons (Fsp3) is 0.647. The predicted octanol–water partition coefficient (Wildman–Crippen LogP) is 4.89. The molecule has 0 radical (unpaired) electrons. The number of benzene rings is 1. The zero-order chi connectivity index (χ0) is 14.2. The fourth-order valence-electron chi connectivity index (χ4n) is 2.49. The molecule has 1 aromatic carbocycles. The van der Waals surface area contributed by atoms with E-state index in [9.17, 15) is 0 Å². The lowest BCUT2D eigenvalue weighted by Gasteiger charge is -2.18. The Balaban J connectivity index is 1.81. The van der Waals surface area contributed by atoms with Crippen LogP contribution in [0.4, 0.5) is 0 Å². The zero-order valence-electron chi connectivity index (χ0n) is 12.4. The van der Waals surface area contributed by atoms with Crippen LogP contribution in [0.2, 0.25) is 0 Å². The number of nitrogens with one attached hydrogen (secondary N) is 1. The second kappa shape index (κ2) is 9.11. The standard InChI is InChI=1S/C17H26BrNS/c1-2-20-11-5-6-14(13-19-16-9-10-16)12-15-7-3-4-8-17(15)18/h3-4,7-8,14,16,19H,2,5-6,9-13H2,1H3. The van der Waals surface area contributed by atoms with Crippen LogP contribution < -0.4 is 5.32 Å². The van der Waals surface area contributed by atoms with Gasteiger partial charge in [-0.3, -0.25) is 0 Å². The van der Waals surface area contributed by atoms with E-state index in [-0.39, 0.29) is 0 Å². The van der Waals surface area contributed by atoms with Crippen molar-refractivity contribution in [3.8, 4) is 0 Å². The lowest BCUT2D eigenvalue weighted by atomic mass is 9.95.